The van der Waals surface area contributed by atoms with Gasteiger partial charge >= 0.3 is 0 Å². The summed E-state index contributed by atoms with van der Waals surface area (Å²) >= 11 is 0. The fourth-order valence-electron chi connectivity index (χ4n) is 6.02. The Morgan fingerprint density at radius 3 is 2.47 bits per heavy atom. The molecular formula is C30H38N4O2. The molecule has 2 fully saturated rings. The van der Waals surface area contributed by atoms with Gasteiger partial charge in [0.05, 0.1) is 11.0 Å². The number of anilines is 1. The van der Waals surface area contributed by atoms with E-state index in [0.717, 1.165) is 73.1 Å². The Labute approximate surface area is 213 Å². The SMILES string of the molecule is CCCC1CCCCC1C(=O)Nc1ccc2nc(-c3ccc(C(=O)NC4CCCCC4)cc3)[nH]c2c1. The molecule has 190 valence electrons. The van der Waals surface area contributed by atoms with Gasteiger partial charge in [0.25, 0.3) is 5.91 Å². The first kappa shape index (κ1) is 24.5. The summed E-state index contributed by atoms with van der Waals surface area (Å²) < 4.78 is 0. The van der Waals surface area contributed by atoms with Crippen LogP contribution in [-0.4, -0.2) is 27.8 Å². The van der Waals surface area contributed by atoms with Crippen molar-refractivity contribution in [3.05, 3.63) is 48.0 Å². The van der Waals surface area contributed by atoms with E-state index in [1.165, 1.54) is 25.7 Å². The number of amides is 2. The molecule has 0 spiro atoms. The van der Waals surface area contributed by atoms with Crippen molar-refractivity contribution in [1.29, 1.82) is 0 Å². The maximum absolute atomic E-state index is 13.1. The number of nitrogens with one attached hydrogen (secondary N) is 3. The Morgan fingerprint density at radius 2 is 1.69 bits per heavy atom. The smallest absolute Gasteiger partial charge is 0.251 e. The van der Waals surface area contributed by atoms with Gasteiger partial charge < -0.3 is 15.6 Å². The second-order valence-electron chi connectivity index (χ2n) is 10.6. The molecule has 5 rings (SSSR count). The molecule has 6 nitrogen and oxygen atoms in total. The number of rotatable bonds is 7. The van der Waals surface area contributed by atoms with Crippen LogP contribution in [0.5, 0.6) is 0 Å². The highest BCUT2D eigenvalue weighted by Gasteiger charge is 2.30. The van der Waals surface area contributed by atoms with E-state index >= 15 is 0 Å². The molecule has 1 heterocycles. The summed E-state index contributed by atoms with van der Waals surface area (Å²) in [5.41, 5.74) is 4.14. The third-order valence-electron chi connectivity index (χ3n) is 8.02. The van der Waals surface area contributed by atoms with Crippen LogP contribution >= 0.6 is 0 Å². The first-order valence-electron chi connectivity index (χ1n) is 13.8. The number of hydrogen-bond donors (Lipinski definition) is 3. The Bertz CT molecular complexity index is 1190. The standard InChI is InChI=1S/C30H38N4O2/c1-2-8-20-9-6-7-12-25(20)30(36)32-24-17-18-26-27(19-24)34-28(33-26)21-13-15-22(16-14-21)29(35)31-23-10-4-3-5-11-23/h13-20,23,25H,2-12H2,1H3,(H,31,35)(H,32,36)(H,33,34). The molecule has 3 aromatic rings. The van der Waals surface area contributed by atoms with Crippen LogP contribution in [0.2, 0.25) is 0 Å². The molecule has 0 radical (unpaired) electrons. The maximum atomic E-state index is 13.1. The monoisotopic (exact) mass is 486 g/mol. The molecular weight excluding hydrogens is 448 g/mol. The molecule has 2 unspecified atom stereocenters. The summed E-state index contributed by atoms with van der Waals surface area (Å²) in [5, 5.41) is 6.34. The number of nitrogens with zero attached hydrogens (tertiary/aromatic N) is 1. The fraction of sp³-hybridized carbons (Fsp3) is 0.500. The highest BCUT2D eigenvalue weighted by Crippen LogP contribution is 2.34. The molecule has 2 amide bonds. The van der Waals surface area contributed by atoms with Crippen molar-refractivity contribution in [1.82, 2.24) is 15.3 Å². The average molecular weight is 487 g/mol. The minimum absolute atomic E-state index is 0.00224. The lowest BCUT2D eigenvalue weighted by molar-refractivity contribution is -0.122. The zero-order valence-electron chi connectivity index (χ0n) is 21.3. The number of imidazole rings is 1. The van der Waals surface area contributed by atoms with Gasteiger partial charge in [-0.2, -0.15) is 0 Å². The van der Waals surface area contributed by atoms with Crippen molar-refractivity contribution < 1.29 is 9.59 Å². The van der Waals surface area contributed by atoms with E-state index in [9.17, 15) is 9.59 Å². The third-order valence-corrected chi connectivity index (χ3v) is 8.02. The van der Waals surface area contributed by atoms with Crippen molar-refractivity contribution >= 4 is 28.5 Å². The second-order valence-corrected chi connectivity index (χ2v) is 10.6. The first-order chi connectivity index (χ1) is 17.6. The zero-order chi connectivity index (χ0) is 24.9. The van der Waals surface area contributed by atoms with Crippen LogP contribution < -0.4 is 10.6 Å². The molecule has 2 aromatic carbocycles. The molecule has 2 atom stereocenters. The largest absolute Gasteiger partial charge is 0.349 e. The zero-order valence-corrected chi connectivity index (χ0v) is 21.3. The molecule has 2 saturated carbocycles. The van der Waals surface area contributed by atoms with Gasteiger partial charge in [-0.25, -0.2) is 4.98 Å². The van der Waals surface area contributed by atoms with Gasteiger partial charge in [0.15, 0.2) is 0 Å². The van der Waals surface area contributed by atoms with Crippen molar-refractivity contribution in [2.24, 2.45) is 11.8 Å². The number of aromatic amines is 1. The summed E-state index contributed by atoms with van der Waals surface area (Å²) in [4.78, 5) is 33.8. The molecule has 0 bridgehead atoms. The Hall–Kier alpha value is -3.15. The van der Waals surface area contributed by atoms with Crippen molar-refractivity contribution in [2.75, 3.05) is 5.32 Å². The number of aromatic nitrogens is 2. The maximum Gasteiger partial charge on any atom is 0.251 e. The lowest BCUT2D eigenvalue weighted by Gasteiger charge is -2.30. The van der Waals surface area contributed by atoms with Crippen LogP contribution in [0.15, 0.2) is 42.5 Å². The van der Waals surface area contributed by atoms with Crippen molar-refractivity contribution in [3.63, 3.8) is 0 Å². The molecule has 2 aliphatic carbocycles. The van der Waals surface area contributed by atoms with E-state index in [2.05, 4.69) is 22.5 Å². The summed E-state index contributed by atoms with van der Waals surface area (Å²) in [6, 6.07) is 13.7. The van der Waals surface area contributed by atoms with Crippen LogP contribution in [-0.2, 0) is 4.79 Å². The minimum atomic E-state index is -0.00224. The topological polar surface area (TPSA) is 86.9 Å². The predicted molar refractivity (Wildman–Crippen MR) is 145 cm³/mol. The first-order valence-corrected chi connectivity index (χ1v) is 13.8. The molecule has 1 aromatic heterocycles. The van der Waals surface area contributed by atoms with E-state index in [-0.39, 0.29) is 17.7 Å². The number of fused-ring (bicyclic) bond motifs is 1. The van der Waals surface area contributed by atoms with Gasteiger partial charge in [-0.1, -0.05) is 57.6 Å². The summed E-state index contributed by atoms with van der Waals surface area (Å²) in [6.07, 6.45) is 12.6. The Balaban J connectivity index is 1.25. The van der Waals surface area contributed by atoms with Crippen LogP contribution in [0.1, 0.15) is 87.9 Å². The van der Waals surface area contributed by atoms with Crippen molar-refractivity contribution in [3.8, 4) is 11.4 Å². The fourth-order valence-corrected chi connectivity index (χ4v) is 6.02. The highest BCUT2D eigenvalue weighted by atomic mass is 16.2. The number of benzene rings is 2. The quantitative estimate of drug-likeness (QED) is 0.342. The minimum Gasteiger partial charge on any atom is -0.349 e. The number of hydrogen-bond acceptors (Lipinski definition) is 3. The van der Waals surface area contributed by atoms with Crippen LogP contribution in [0.3, 0.4) is 0 Å². The van der Waals surface area contributed by atoms with Crippen LogP contribution in [0.25, 0.3) is 22.4 Å². The lowest BCUT2D eigenvalue weighted by atomic mass is 9.76. The van der Waals surface area contributed by atoms with Gasteiger partial charge in [-0.3, -0.25) is 9.59 Å². The van der Waals surface area contributed by atoms with E-state index in [4.69, 9.17) is 4.98 Å². The summed E-state index contributed by atoms with van der Waals surface area (Å²) in [7, 11) is 0. The van der Waals surface area contributed by atoms with Crippen molar-refractivity contribution in [2.45, 2.75) is 83.6 Å². The number of carbonyl (C=O) groups excluding carboxylic acids is 2. The normalized spacial score (nSPS) is 20.8. The molecule has 0 saturated heterocycles. The van der Waals surface area contributed by atoms with Gasteiger partial charge in [0.1, 0.15) is 5.82 Å². The van der Waals surface area contributed by atoms with Gasteiger partial charge in [0, 0.05) is 28.8 Å². The van der Waals surface area contributed by atoms with Gasteiger partial charge in [-0.15, -0.1) is 0 Å². The molecule has 36 heavy (non-hydrogen) atoms. The number of carbonyl (C=O) groups is 2. The molecule has 0 aliphatic heterocycles. The van der Waals surface area contributed by atoms with Crippen LogP contribution in [0.4, 0.5) is 5.69 Å². The lowest BCUT2D eigenvalue weighted by Crippen LogP contribution is -2.36. The predicted octanol–water partition coefficient (Wildman–Crippen LogP) is 6.84. The highest BCUT2D eigenvalue weighted by molar-refractivity contribution is 5.96. The number of H-pyrrole nitrogens is 1. The molecule has 6 heteroatoms. The Kier molecular flexibility index (Phi) is 7.69. The van der Waals surface area contributed by atoms with Crippen LogP contribution in [0, 0.1) is 11.8 Å². The third kappa shape index (κ3) is 5.63. The Morgan fingerprint density at radius 1 is 0.944 bits per heavy atom. The van der Waals surface area contributed by atoms with E-state index in [0.29, 0.717) is 17.5 Å². The van der Waals surface area contributed by atoms with Gasteiger partial charge in [0.2, 0.25) is 5.91 Å². The summed E-state index contributed by atoms with van der Waals surface area (Å²) in [5.74, 6) is 1.51. The average Bonchev–Trinajstić information content (AvgIpc) is 3.33. The van der Waals surface area contributed by atoms with Gasteiger partial charge in [-0.05, 0) is 68.4 Å². The van der Waals surface area contributed by atoms with E-state index in [1.807, 2.05) is 42.5 Å². The van der Waals surface area contributed by atoms with E-state index < -0.39 is 0 Å². The second kappa shape index (κ2) is 11.3. The van der Waals surface area contributed by atoms with E-state index in [1.54, 1.807) is 0 Å². The molecule has 3 N–H and O–H groups in total. The summed E-state index contributed by atoms with van der Waals surface area (Å²) in [6.45, 7) is 2.20. The molecule has 2 aliphatic rings.